The molecule has 0 nitrogen and oxygen atoms in total. The number of hydrogen-bond donors (Lipinski definition) is 0. The molecule has 20 heavy (non-hydrogen) atoms. The summed E-state index contributed by atoms with van der Waals surface area (Å²) in [6, 6.07) is 4.81. The molecule has 2 rings (SSSR count). The molecule has 0 aliphatic rings. The Hall–Kier alpha value is -1.72. The van der Waals surface area contributed by atoms with Gasteiger partial charge >= 0.3 is 12.4 Å². The number of benzene rings is 2. The summed E-state index contributed by atoms with van der Waals surface area (Å²) in [7, 11) is 0. The highest BCUT2D eigenvalue weighted by molar-refractivity contribution is 5.90. The third kappa shape index (κ3) is 2.59. The molecule has 108 valence electrons. The lowest BCUT2D eigenvalue weighted by molar-refractivity contribution is -0.137. The molecule has 0 bridgehead atoms. The minimum Gasteiger partial charge on any atom is -0.166 e. The maximum atomic E-state index is 12.9. The van der Waals surface area contributed by atoms with Gasteiger partial charge in [0.15, 0.2) is 0 Å². The van der Waals surface area contributed by atoms with Crippen LogP contribution in [0.25, 0.3) is 10.8 Å². The van der Waals surface area contributed by atoms with Gasteiger partial charge in [0.05, 0.1) is 11.1 Å². The molecule has 2 aromatic carbocycles. The molecule has 0 heterocycles. The van der Waals surface area contributed by atoms with Crippen LogP contribution in [0.2, 0.25) is 0 Å². The first-order valence-electron chi connectivity index (χ1n) is 5.84. The van der Waals surface area contributed by atoms with E-state index in [0.29, 0.717) is 0 Å². The van der Waals surface area contributed by atoms with Crippen molar-refractivity contribution in [2.45, 2.75) is 25.7 Å². The largest absolute Gasteiger partial charge is 0.417 e. The van der Waals surface area contributed by atoms with Crippen molar-refractivity contribution >= 4 is 10.8 Å². The van der Waals surface area contributed by atoms with Crippen molar-refractivity contribution in [2.75, 3.05) is 0 Å². The van der Waals surface area contributed by atoms with Gasteiger partial charge in [-0.15, -0.1) is 0 Å². The van der Waals surface area contributed by atoms with E-state index in [-0.39, 0.29) is 22.8 Å². The van der Waals surface area contributed by atoms with E-state index >= 15 is 0 Å². The Bertz CT molecular complexity index is 636. The zero-order valence-electron chi connectivity index (χ0n) is 10.4. The predicted octanol–water partition coefficient (Wildman–Crippen LogP) is 5.44. The molecular weight excluding hydrogens is 282 g/mol. The van der Waals surface area contributed by atoms with E-state index in [0.717, 1.165) is 24.3 Å². The molecule has 0 unspecified atom stereocenters. The number of alkyl halides is 6. The van der Waals surface area contributed by atoms with Gasteiger partial charge < -0.3 is 0 Å². The summed E-state index contributed by atoms with van der Waals surface area (Å²) in [5.74, 6) is 0. The van der Waals surface area contributed by atoms with E-state index in [9.17, 15) is 26.3 Å². The van der Waals surface area contributed by atoms with Crippen molar-refractivity contribution in [1.29, 1.82) is 0 Å². The maximum Gasteiger partial charge on any atom is 0.417 e. The standard InChI is InChI=1S/C14H10F6/c1-2-8-6-10(13(15,16)17)7-9-4-3-5-11(12(8)9)14(18,19)20/h3-7H,2H2,1H3. The van der Waals surface area contributed by atoms with E-state index in [4.69, 9.17) is 0 Å². The van der Waals surface area contributed by atoms with E-state index < -0.39 is 23.5 Å². The second-order valence-corrected chi connectivity index (χ2v) is 4.39. The van der Waals surface area contributed by atoms with Gasteiger partial charge in [0, 0.05) is 0 Å². The van der Waals surface area contributed by atoms with Crippen LogP contribution in [0.4, 0.5) is 26.3 Å². The second kappa shape index (κ2) is 4.68. The number of halogens is 6. The van der Waals surface area contributed by atoms with Gasteiger partial charge in [-0.1, -0.05) is 19.1 Å². The minimum atomic E-state index is -4.59. The van der Waals surface area contributed by atoms with Crippen molar-refractivity contribution in [3.05, 3.63) is 47.0 Å². The molecule has 0 saturated heterocycles. The van der Waals surface area contributed by atoms with Gasteiger partial charge in [-0.2, -0.15) is 26.3 Å². The van der Waals surface area contributed by atoms with Crippen molar-refractivity contribution in [1.82, 2.24) is 0 Å². The summed E-state index contributed by atoms with van der Waals surface area (Å²) in [4.78, 5) is 0. The van der Waals surface area contributed by atoms with Crippen molar-refractivity contribution in [3.63, 3.8) is 0 Å². The first-order valence-corrected chi connectivity index (χ1v) is 5.84. The average molecular weight is 292 g/mol. The van der Waals surface area contributed by atoms with Crippen LogP contribution in [0, 0.1) is 0 Å². The Balaban J connectivity index is 2.84. The SMILES string of the molecule is CCc1cc(C(F)(F)F)cc2cccc(C(F)(F)F)c12. The normalized spacial score (nSPS) is 12.9. The molecule has 0 aliphatic carbocycles. The zero-order chi connectivity index (χ0) is 15.1. The van der Waals surface area contributed by atoms with Gasteiger partial charge in [-0.3, -0.25) is 0 Å². The Morgan fingerprint density at radius 3 is 2.05 bits per heavy atom. The Morgan fingerprint density at radius 1 is 0.900 bits per heavy atom. The van der Waals surface area contributed by atoms with Gasteiger partial charge in [0.2, 0.25) is 0 Å². The fraction of sp³-hybridized carbons (Fsp3) is 0.286. The highest BCUT2D eigenvalue weighted by atomic mass is 19.4. The van der Waals surface area contributed by atoms with Crippen molar-refractivity contribution < 1.29 is 26.3 Å². The molecule has 0 fully saturated rings. The molecule has 0 spiro atoms. The number of hydrogen-bond acceptors (Lipinski definition) is 0. The number of aryl methyl sites for hydroxylation is 1. The molecule has 6 heteroatoms. The third-order valence-corrected chi connectivity index (χ3v) is 3.07. The molecular formula is C14H10F6. The molecule has 0 radical (unpaired) electrons. The fourth-order valence-corrected chi connectivity index (χ4v) is 2.20. The quantitative estimate of drug-likeness (QED) is 0.614. The van der Waals surface area contributed by atoms with Crippen LogP contribution in [-0.2, 0) is 18.8 Å². The number of fused-ring (bicyclic) bond motifs is 1. The van der Waals surface area contributed by atoms with Crippen LogP contribution in [-0.4, -0.2) is 0 Å². The van der Waals surface area contributed by atoms with Crippen LogP contribution < -0.4 is 0 Å². The topological polar surface area (TPSA) is 0 Å². The van der Waals surface area contributed by atoms with Gasteiger partial charge in [0.1, 0.15) is 0 Å². The van der Waals surface area contributed by atoms with Gasteiger partial charge in [-0.25, -0.2) is 0 Å². The monoisotopic (exact) mass is 292 g/mol. The Morgan fingerprint density at radius 2 is 1.55 bits per heavy atom. The Labute approximate surface area is 111 Å². The van der Waals surface area contributed by atoms with E-state index in [1.807, 2.05) is 0 Å². The van der Waals surface area contributed by atoms with Crippen molar-refractivity contribution in [2.24, 2.45) is 0 Å². The molecule has 0 saturated carbocycles. The van der Waals surface area contributed by atoms with Crippen LogP contribution in [0.1, 0.15) is 23.6 Å². The molecule has 0 atom stereocenters. The highest BCUT2D eigenvalue weighted by Gasteiger charge is 2.35. The van der Waals surface area contributed by atoms with Crippen molar-refractivity contribution in [3.8, 4) is 0 Å². The van der Waals surface area contributed by atoms with Crippen LogP contribution in [0.15, 0.2) is 30.3 Å². The lowest BCUT2D eigenvalue weighted by Gasteiger charge is -2.16. The fourth-order valence-electron chi connectivity index (χ4n) is 2.20. The van der Waals surface area contributed by atoms with Crippen LogP contribution >= 0.6 is 0 Å². The van der Waals surface area contributed by atoms with Crippen LogP contribution in [0.3, 0.4) is 0 Å². The summed E-state index contributed by atoms with van der Waals surface area (Å²) in [5, 5.41) is -0.206. The predicted molar refractivity (Wildman–Crippen MR) is 63.3 cm³/mol. The lowest BCUT2D eigenvalue weighted by Crippen LogP contribution is -2.09. The lowest BCUT2D eigenvalue weighted by atomic mass is 9.95. The summed E-state index contributed by atoms with van der Waals surface area (Å²) in [6.45, 7) is 1.53. The molecule has 0 aromatic heterocycles. The average Bonchev–Trinajstić information content (AvgIpc) is 2.34. The van der Waals surface area contributed by atoms with E-state index in [1.165, 1.54) is 13.0 Å². The first kappa shape index (κ1) is 14.7. The molecule has 2 aromatic rings. The third-order valence-electron chi connectivity index (χ3n) is 3.07. The van der Waals surface area contributed by atoms with Gasteiger partial charge in [0.25, 0.3) is 0 Å². The van der Waals surface area contributed by atoms with Crippen LogP contribution in [0.5, 0.6) is 0 Å². The summed E-state index contributed by atoms with van der Waals surface area (Å²) in [6.07, 6.45) is -9.08. The molecule has 0 N–H and O–H groups in total. The van der Waals surface area contributed by atoms with E-state index in [1.54, 1.807) is 0 Å². The molecule has 0 amide bonds. The minimum absolute atomic E-state index is 0.0442. The summed E-state index contributed by atoms with van der Waals surface area (Å²) >= 11 is 0. The first-order chi connectivity index (χ1) is 9.14. The highest BCUT2D eigenvalue weighted by Crippen LogP contribution is 2.39. The molecule has 0 aliphatic heterocycles. The van der Waals surface area contributed by atoms with Gasteiger partial charge in [-0.05, 0) is 41.0 Å². The zero-order valence-corrected chi connectivity index (χ0v) is 10.4. The smallest absolute Gasteiger partial charge is 0.166 e. The van der Waals surface area contributed by atoms with E-state index in [2.05, 4.69) is 0 Å². The number of rotatable bonds is 1. The Kier molecular flexibility index (Phi) is 3.44. The summed E-state index contributed by atoms with van der Waals surface area (Å²) < 4.78 is 77.1. The maximum absolute atomic E-state index is 12.9. The second-order valence-electron chi connectivity index (χ2n) is 4.39. The summed E-state index contributed by atoms with van der Waals surface area (Å²) in [5.41, 5.74) is -1.79.